The van der Waals surface area contributed by atoms with Crippen molar-refractivity contribution in [3.05, 3.63) is 47.8 Å². The molecule has 0 atom stereocenters. The van der Waals surface area contributed by atoms with E-state index >= 15 is 0 Å². The average molecular weight is 395 g/mol. The van der Waals surface area contributed by atoms with Crippen LogP contribution in [0.4, 0.5) is 0 Å². The number of amides is 1. The Hall–Kier alpha value is -3.16. The first kappa shape index (κ1) is 19.2. The molecule has 8 nitrogen and oxygen atoms in total. The molecular formula is C21H25N5O3. The Morgan fingerprint density at radius 1 is 1.24 bits per heavy atom. The number of aryl methyl sites for hydroxylation is 1. The fourth-order valence-electron chi connectivity index (χ4n) is 4.05. The maximum absolute atomic E-state index is 12.7. The van der Waals surface area contributed by atoms with Gasteiger partial charge in [0, 0.05) is 49.9 Å². The Kier molecular flexibility index (Phi) is 5.33. The van der Waals surface area contributed by atoms with Crippen molar-refractivity contribution in [1.29, 1.82) is 0 Å². The van der Waals surface area contributed by atoms with Crippen LogP contribution in [0, 0.1) is 0 Å². The second kappa shape index (κ2) is 8.06. The van der Waals surface area contributed by atoms with Crippen LogP contribution in [0.5, 0.6) is 0 Å². The molecule has 0 aromatic carbocycles. The second-order valence-electron chi connectivity index (χ2n) is 7.55. The van der Waals surface area contributed by atoms with Gasteiger partial charge in [-0.3, -0.25) is 9.59 Å². The Morgan fingerprint density at radius 2 is 2.07 bits per heavy atom. The van der Waals surface area contributed by atoms with Gasteiger partial charge in [-0.25, -0.2) is 9.97 Å². The van der Waals surface area contributed by atoms with Crippen LogP contribution in [-0.2, 0) is 36.1 Å². The molecule has 0 fully saturated rings. The van der Waals surface area contributed by atoms with Crippen LogP contribution in [0.1, 0.15) is 42.6 Å². The van der Waals surface area contributed by atoms with Gasteiger partial charge in [-0.1, -0.05) is 0 Å². The minimum Gasteiger partial charge on any atom is -0.481 e. The highest BCUT2D eigenvalue weighted by Gasteiger charge is 2.27. The van der Waals surface area contributed by atoms with Crippen LogP contribution in [0.25, 0.3) is 11.0 Å². The summed E-state index contributed by atoms with van der Waals surface area (Å²) in [5.41, 5.74) is 4.41. The largest absolute Gasteiger partial charge is 0.481 e. The highest BCUT2D eigenvalue weighted by atomic mass is 16.4. The number of aliphatic carboxylic acids is 1. The van der Waals surface area contributed by atoms with Crippen molar-refractivity contribution in [1.82, 2.24) is 24.0 Å². The molecule has 0 saturated heterocycles. The highest BCUT2D eigenvalue weighted by Crippen LogP contribution is 2.30. The van der Waals surface area contributed by atoms with E-state index in [0.717, 1.165) is 28.8 Å². The van der Waals surface area contributed by atoms with Gasteiger partial charge in [0.1, 0.15) is 5.65 Å². The van der Waals surface area contributed by atoms with Crippen molar-refractivity contribution in [2.24, 2.45) is 7.05 Å². The standard InChI is InChI=1S/C21H25N5O3/c1-24-14-22-11-15(24)12-26-18-13-25(19(27)6-2-3-7-20(28)29)10-8-16(18)17-5-4-9-23-21(17)26/h4-5,9,11,14H,2-3,6-8,10,12-13H2,1H3,(H,28,29). The molecule has 8 heteroatoms. The summed E-state index contributed by atoms with van der Waals surface area (Å²) in [6, 6.07) is 4.06. The molecule has 3 aromatic heterocycles. The fraction of sp³-hybridized carbons (Fsp3) is 0.429. The third-order valence-corrected chi connectivity index (χ3v) is 5.63. The summed E-state index contributed by atoms with van der Waals surface area (Å²) in [5.74, 6) is -0.724. The van der Waals surface area contributed by atoms with Gasteiger partial charge in [-0.15, -0.1) is 0 Å². The molecule has 3 aromatic rings. The van der Waals surface area contributed by atoms with Crippen LogP contribution in [0.3, 0.4) is 0 Å². The van der Waals surface area contributed by atoms with Gasteiger partial charge in [0.25, 0.3) is 0 Å². The van der Waals surface area contributed by atoms with Crippen molar-refractivity contribution in [3.63, 3.8) is 0 Å². The Balaban J connectivity index is 1.57. The number of fused-ring (bicyclic) bond motifs is 3. The molecule has 1 amide bonds. The maximum atomic E-state index is 12.7. The number of pyridine rings is 1. The van der Waals surface area contributed by atoms with E-state index in [0.29, 0.717) is 38.9 Å². The zero-order chi connectivity index (χ0) is 20.4. The first-order valence-electron chi connectivity index (χ1n) is 9.94. The normalized spacial score (nSPS) is 13.6. The van der Waals surface area contributed by atoms with E-state index in [4.69, 9.17) is 5.11 Å². The molecule has 0 unspecified atom stereocenters. The number of hydrogen-bond donors (Lipinski definition) is 1. The lowest BCUT2D eigenvalue weighted by Gasteiger charge is -2.28. The van der Waals surface area contributed by atoms with Crippen molar-refractivity contribution >= 4 is 22.9 Å². The molecule has 4 heterocycles. The van der Waals surface area contributed by atoms with Crippen LogP contribution in [0.15, 0.2) is 30.9 Å². The van der Waals surface area contributed by atoms with Crippen LogP contribution >= 0.6 is 0 Å². The maximum Gasteiger partial charge on any atom is 0.303 e. The number of imidazole rings is 1. The molecule has 0 aliphatic carbocycles. The van der Waals surface area contributed by atoms with Gasteiger partial charge in [0.2, 0.25) is 5.91 Å². The fourth-order valence-corrected chi connectivity index (χ4v) is 4.05. The predicted octanol–water partition coefficient (Wildman–Crippen LogP) is 2.35. The average Bonchev–Trinajstić information content (AvgIpc) is 3.26. The van der Waals surface area contributed by atoms with Crippen molar-refractivity contribution in [2.45, 2.75) is 45.2 Å². The van der Waals surface area contributed by atoms with Gasteiger partial charge < -0.3 is 19.1 Å². The smallest absolute Gasteiger partial charge is 0.303 e. The summed E-state index contributed by atoms with van der Waals surface area (Å²) in [6.07, 6.45) is 7.89. The van der Waals surface area contributed by atoms with E-state index in [9.17, 15) is 9.59 Å². The van der Waals surface area contributed by atoms with Gasteiger partial charge in [0.15, 0.2) is 0 Å². The minimum absolute atomic E-state index is 0.0892. The van der Waals surface area contributed by atoms with Crippen molar-refractivity contribution in [3.8, 4) is 0 Å². The highest BCUT2D eigenvalue weighted by molar-refractivity contribution is 5.84. The molecule has 1 aliphatic rings. The topological polar surface area (TPSA) is 93.3 Å². The molecule has 4 rings (SSSR count). The van der Waals surface area contributed by atoms with Gasteiger partial charge in [-0.2, -0.15) is 0 Å². The zero-order valence-corrected chi connectivity index (χ0v) is 16.5. The molecule has 1 N–H and O–H groups in total. The zero-order valence-electron chi connectivity index (χ0n) is 16.5. The molecule has 0 radical (unpaired) electrons. The number of aromatic nitrogens is 4. The predicted molar refractivity (Wildman–Crippen MR) is 107 cm³/mol. The quantitative estimate of drug-likeness (QED) is 0.620. The second-order valence-corrected chi connectivity index (χ2v) is 7.55. The molecule has 0 spiro atoms. The number of carboxylic acids is 1. The molecule has 152 valence electrons. The summed E-state index contributed by atoms with van der Waals surface area (Å²) in [6.45, 7) is 1.89. The Labute approximate surface area is 168 Å². The molecule has 29 heavy (non-hydrogen) atoms. The van der Waals surface area contributed by atoms with E-state index in [1.54, 1.807) is 12.5 Å². The van der Waals surface area contributed by atoms with E-state index in [2.05, 4.69) is 20.6 Å². The van der Waals surface area contributed by atoms with E-state index in [-0.39, 0.29) is 12.3 Å². The SMILES string of the molecule is Cn1cncc1Cn1c2c(c3cccnc31)CCN(C(=O)CCCCC(=O)O)C2. The third kappa shape index (κ3) is 3.87. The lowest BCUT2D eigenvalue weighted by molar-refractivity contribution is -0.137. The summed E-state index contributed by atoms with van der Waals surface area (Å²) in [7, 11) is 1.97. The number of carboxylic acid groups (broad SMARTS) is 1. The summed E-state index contributed by atoms with van der Waals surface area (Å²) in [4.78, 5) is 34.1. The molecule has 0 bridgehead atoms. The van der Waals surface area contributed by atoms with Crippen LogP contribution in [0.2, 0.25) is 0 Å². The van der Waals surface area contributed by atoms with Crippen molar-refractivity contribution in [2.75, 3.05) is 6.54 Å². The lowest BCUT2D eigenvalue weighted by atomic mass is 10.0. The number of carbonyl (C=O) groups is 2. The number of unbranched alkanes of at least 4 members (excludes halogenated alkanes) is 1. The molecule has 0 saturated carbocycles. The molecular weight excluding hydrogens is 370 g/mol. The summed E-state index contributed by atoms with van der Waals surface area (Å²) >= 11 is 0. The van der Waals surface area contributed by atoms with Crippen LogP contribution in [-0.4, -0.2) is 47.5 Å². The summed E-state index contributed by atoms with van der Waals surface area (Å²) < 4.78 is 4.20. The first-order chi connectivity index (χ1) is 14.0. The Bertz CT molecular complexity index is 1050. The third-order valence-electron chi connectivity index (χ3n) is 5.63. The number of hydrogen-bond acceptors (Lipinski definition) is 4. The Morgan fingerprint density at radius 3 is 2.83 bits per heavy atom. The first-order valence-corrected chi connectivity index (χ1v) is 9.94. The number of rotatable bonds is 7. The van der Waals surface area contributed by atoms with E-state index < -0.39 is 5.97 Å². The van der Waals surface area contributed by atoms with Gasteiger partial charge in [-0.05, 0) is 37.0 Å². The van der Waals surface area contributed by atoms with Gasteiger partial charge in [0.05, 0.1) is 25.1 Å². The van der Waals surface area contributed by atoms with Crippen LogP contribution < -0.4 is 0 Å². The van der Waals surface area contributed by atoms with Crippen molar-refractivity contribution < 1.29 is 14.7 Å². The summed E-state index contributed by atoms with van der Waals surface area (Å²) in [5, 5.41) is 9.90. The minimum atomic E-state index is -0.813. The number of nitrogens with zero attached hydrogens (tertiary/aromatic N) is 5. The van der Waals surface area contributed by atoms with Gasteiger partial charge >= 0.3 is 5.97 Å². The van der Waals surface area contributed by atoms with E-state index in [1.165, 1.54) is 5.56 Å². The van der Waals surface area contributed by atoms with E-state index in [1.807, 2.05) is 28.8 Å². The lowest BCUT2D eigenvalue weighted by Crippen LogP contribution is -2.36. The monoisotopic (exact) mass is 395 g/mol. The number of carbonyl (C=O) groups excluding carboxylic acids is 1. The molecule has 1 aliphatic heterocycles.